The molecule has 0 N–H and O–H groups in total. The molecule has 0 fully saturated rings. The van der Waals surface area contributed by atoms with E-state index in [4.69, 9.17) is 4.74 Å². The van der Waals surface area contributed by atoms with Gasteiger partial charge >= 0.3 is 0 Å². The van der Waals surface area contributed by atoms with Crippen molar-refractivity contribution in [2.24, 2.45) is 5.16 Å². The second kappa shape index (κ2) is 3.71. The first-order valence-corrected chi connectivity index (χ1v) is 3.37. The van der Waals surface area contributed by atoms with Crippen LogP contribution in [0.15, 0.2) is 29.1 Å². The standard InChI is InChI=1S/C8H9NO3/c1-11-6-3-4-7(9-12-2)8(10)5-6/h3-5H,1-2H3/b9-7-. The third-order valence-corrected chi connectivity index (χ3v) is 1.36. The lowest BCUT2D eigenvalue weighted by molar-refractivity contribution is -0.109. The molecule has 12 heavy (non-hydrogen) atoms. The Balaban J connectivity index is 2.82. The van der Waals surface area contributed by atoms with E-state index in [2.05, 4.69) is 9.99 Å². The van der Waals surface area contributed by atoms with Crippen LogP contribution in [-0.2, 0) is 14.4 Å². The predicted molar refractivity (Wildman–Crippen MR) is 43.7 cm³/mol. The smallest absolute Gasteiger partial charge is 0.211 e. The van der Waals surface area contributed by atoms with Crippen LogP contribution in [0.3, 0.4) is 0 Å². The van der Waals surface area contributed by atoms with Crippen molar-refractivity contribution in [2.45, 2.75) is 0 Å². The van der Waals surface area contributed by atoms with Crippen molar-refractivity contribution in [3.63, 3.8) is 0 Å². The predicted octanol–water partition coefficient (Wildman–Crippen LogP) is 0.658. The van der Waals surface area contributed by atoms with Gasteiger partial charge in [-0.05, 0) is 12.2 Å². The average molecular weight is 167 g/mol. The van der Waals surface area contributed by atoms with Gasteiger partial charge in [0.1, 0.15) is 18.6 Å². The molecule has 0 heterocycles. The van der Waals surface area contributed by atoms with Gasteiger partial charge < -0.3 is 9.57 Å². The molecule has 1 aliphatic carbocycles. The normalized spacial score (nSPS) is 19.3. The molecule has 4 nitrogen and oxygen atoms in total. The first-order chi connectivity index (χ1) is 5.77. The molecular weight excluding hydrogens is 158 g/mol. The highest BCUT2D eigenvalue weighted by atomic mass is 16.6. The lowest BCUT2D eigenvalue weighted by atomic mass is 10.1. The van der Waals surface area contributed by atoms with Crippen molar-refractivity contribution in [1.29, 1.82) is 0 Å². The number of hydrogen-bond donors (Lipinski definition) is 0. The topological polar surface area (TPSA) is 47.9 Å². The van der Waals surface area contributed by atoms with E-state index in [1.807, 2.05) is 0 Å². The number of methoxy groups -OCH3 is 1. The number of ketones is 1. The quantitative estimate of drug-likeness (QED) is 0.448. The average Bonchev–Trinajstić information content (AvgIpc) is 2.09. The molecule has 0 aromatic heterocycles. The van der Waals surface area contributed by atoms with E-state index in [1.165, 1.54) is 20.3 Å². The summed E-state index contributed by atoms with van der Waals surface area (Å²) in [5.41, 5.74) is 0.276. The van der Waals surface area contributed by atoms with Gasteiger partial charge in [0.2, 0.25) is 5.78 Å². The largest absolute Gasteiger partial charge is 0.497 e. The molecule has 0 radical (unpaired) electrons. The fourth-order valence-corrected chi connectivity index (χ4v) is 0.795. The van der Waals surface area contributed by atoms with Crippen LogP contribution in [-0.4, -0.2) is 25.7 Å². The number of allylic oxidation sites excluding steroid dienone is 3. The van der Waals surface area contributed by atoms with E-state index in [-0.39, 0.29) is 11.5 Å². The summed E-state index contributed by atoms with van der Waals surface area (Å²) in [5.74, 6) is 0.311. The van der Waals surface area contributed by atoms with Gasteiger partial charge in [-0.3, -0.25) is 4.79 Å². The summed E-state index contributed by atoms with van der Waals surface area (Å²) in [6.07, 6.45) is 4.56. The summed E-state index contributed by atoms with van der Waals surface area (Å²) >= 11 is 0. The lowest BCUT2D eigenvalue weighted by Crippen LogP contribution is -2.13. The molecule has 0 aromatic rings. The Morgan fingerprint density at radius 2 is 2.08 bits per heavy atom. The summed E-state index contributed by atoms with van der Waals surface area (Å²) in [6, 6.07) is 0. The number of nitrogens with zero attached hydrogens (tertiary/aromatic N) is 1. The van der Waals surface area contributed by atoms with Crippen LogP contribution in [0.2, 0.25) is 0 Å². The van der Waals surface area contributed by atoms with E-state index in [0.29, 0.717) is 5.76 Å². The molecule has 0 amide bonds. The van der Waals surface area contributed by atoms with Gasteiger partial charge in [0.25, 0.3) is 0 Å². The molecule has 0 aromatic carbocycles. The zero-order valence-corrected chi connectivity index (χ0v) is 6.90. The number of hydrogen-bond acceptors (Lipinski definition) is 4. The molecule has 0 aliphatic heterocycles. The molecule has 0 saturated carbocycles. The maximum atomic E-state index is 11.1. The third kappa shape index (κ3) is 1.72. The molecule has 64 valence electrons. The summed E-state index contributed by atoms with van der Waals surface area (Å²) in [4.78, 5) is 15.6. The van der Waals surface area contributed by atoms with E-state index in [9.17, 15) is 4.79 Å². The first kappa shape index (κ1) is 8.52. The zero-order chi connectivity index (χ0) is 8.97. The number of carbonyl (C=O) groups is 1. The second-order valence-corrected chi connectivity index (χ2v) is 2.11. The number of ether oxygens (including phenoxy) is 1. The Morgan fingerprint density at radius 1 is 1.33 bits per heavy atom. The van der Waals surface area contributed by atoms with Gasteiger partial charge in [-0.1, -0.05) is 5.16 Å². The first-order valence-electron chi connectivity index (χ1n) is 3.37. The van der Waals surface area contributed by atoms with Crippen LogP contribution >= 0.6 is 0 Å². The molecule has 0 unspecified atom stereocenters. The van der Waals surface area contributed by atoms with E-state index < -0.39 is 0 Å². The Labute approximate surface area is 70.1 Å². The maximum absolute atomic E-state index is 11.1. The summed E-state index contributed by atoms with van der Waals surface area (Å²) < 4.78 is 4.85. The van der Waals surface area contributed by atoms with Crippen LogP contribution < -0.4 is 0 Å². The highest BCUT2D eigenvalue weighted by Gasteiger charge is 2.12. The Bertz CT molecular complexity index is 276. The molecule has 0 atom stereocenters. The molecule has 1 rings (SSSR count). The van der Waals surface area contributed by atoms with E-state index >= 15 is 0 Å². The highest BCUT2D eigenvalue weighted by Crippen LogP contribution is 2.05. The maximum Gasteiger partial charge on any atom is 0.211 e. The minimum absolute atomic E-state index is 0.212. The van der Waals surface area contributed by atoms with Crippen molar-refractivity contribution in [1.82, 2.24) is 0 Å². The van der Waals surface area contributed by atoms with Crippen LogP contribution in [0.5, 0.6) is 0 Å². The van der Waals surface area contributed by atoms with Gasteiger partial charge in [0.15, 0.2) is 0 Å². The van der Waals surface area contributed by atoms with Gasteiger partial charge in [-0.25, -0.2) is 0 Å². The summed E-state index contributed by atoms with van der Waals surface area (Å²) in [5, 5.41) is 3.51. The van der Waals surface area contributed by atoms with Crippen LogP contribution in [0.1, 0.15) is 0 Å². The minimum Gasteiger partial charge on any atom is -0.497 e. The van der Waals surface area contributed by atoms with E-state index in [1.54, 1.807) is 12.2 Å². The number of oxime groups is 1. The van der Waals surface area contributed by atoms with Crippen molar-refractivity contribution in [3.05, 3.63) is 24.0 Å². The molecule has 1 aliphatic rings. The Morgan fingerprint density at radius 3 is 2.58 bits per heavy atom. The fraction of sp³-hybridized carbons (Fsp3) is 0.250. The van der Waals surface area contributed by atoms with Gasteiger partial charge in [-0.15, -0.1) is 0 Å². The summed E-state index contributed by atoms with van der Waals surface area (Å²) in [6.45, 7) is 0. The van der Waals surface area contributed by atoms with Gasteiger partial charge in [-0.2, -0.15) is 0 Å². The van der Waals surface area contributed by atoms with E-state index in [0.717, 1.165) is 0 Å². The molecule has 4 heteroatoms. The fourth-order valence-electron chi connectivity index (χ4n) is 0.795. The Hall–Kier alpha value is -1.58. The summed E-state index contributed by atoms with van der Waals surface area (Å²) in [7, 11) is 2.89. The molecule has 0 spiro atoms. The zero-order valence-electron chi connectivity index (χ0n) is 6.90. The second-order valence-electron chi connectivity index (χ2n) is 2.11. The lowest BCUT2D eigenvalue weighted by Gasteiger charge is -2.04. The van der Waals surface area contributed by atoms with Crippen molar-refractivity contribution >= 4 is 11.5 Å². The van der Waals surface area contributed by atoms with Gasteiger partial charge in [0.05, 0.1) is 7.11 Å². The molecule has 0 bridgehead atoms. The van der Waals surface area contributed by atoms with Crippen LogP contribution in [0.25, 0.3) is 0 Å². The number of rotatable bonds is 2. The third-order valence-electron chi connectivity index (χ3n) is 1.36. The van der Waals surface area contributed by atoms with Gasteiger partial charge in [0, 0.05) is 6.08 Å². The van der Waals surface area contributed by atoms with Crippen molar-refractivity contribution in [2.75, 3.05) is 14.2 Å². The molecular formula is C8H9NO3. The Kier molecular flexibility index (Phi) is 2.63. The highest BCUT2D eigenvalue weighted by molar-refractivity contribution is 6.48. The minimum atomic E-state index is -0.212. The van der Waals surface area contributed by atoms with Crippen molar-refractivity contribution in [3.8, 4) is 0 Å². The van der Waals surface area contributed by atoms with Crippen molar-refractivity contribution < 1.29 is 14.4 Å². The monoisotopic (exact) mass is 167 g/mol. The van der Waals surface area contributed by atoms with Crippen LogP contribution in [0, 0.1) is 0 Å². The molecule has 0 saturated heterocycles. The number of carbonyl (C=O) groups excluding carboxylic acids is 1. The SMILES string of the molecule is CO/N=C1/C=CC(OC)=CC1=O. The van der Waals surface area contributed by atoms with Crippen LogP contribution in [0.4, 0.5) is 0 Å².